The molecule has 17 heavy (non-hydrogen) atoms. The molecule has 0 unspecified atom stereocenters. The molecule has 0 aromatic carbocycles. The molecule has 1 saturated heterocycles. The average molecular weight is 257 g/mol. The second kappa shape index (κ2) is 7.64. The summed E-state index contributed by atoms with van der Waals surface area (Å²) in [6.07, 6.45) is 0. The molecule has 0 bridgehead atoms. The fourth-order valence-electron chi connectivity index (χ4n) is 1.73. The Hall–Kier alpha value is -0.640. The molecule has 2 rings (SSSR count). The van der Waals surface area contributed by atoms with Gasteiger partial charge in [-0.3, -0.25) is 4.90 Å². The fraction of sp³-hybridized carbons (Fsp3) is 0.615. The number of hydrogen-bond donors (Lipinski definition) is 0. The van der Waals surface area contributed by atoms with E-state index in [9.17, 15) is 0 Å². The van der Waals surface area contributed by atoms with E-state index < -0.39 is 0 Å². The van der Waals surface area contributed by atoms with Crippen LogP contribution in [0.4, 0.5) is 0 Å². The molecule has 0 amide bonds. The van der Waals surface area contributed by atoms with Gasteiger partial charge in [-0.1, -0.05) is 31.5 Å². The molecule has 96 valence electrons. The Morgan fingerprint density at radius 1 is 1.29 bits per heavy atom. The van der Waals surface area contributed by atoms with Crippen molar-refractivity contribution < 1.29 is 4.74 Å². The summed E-state index contributed by atoms with van der Waals surface area (Å²) in [5.41, 5.74) is 2.27. The minimum Gasteiger partial charge on any atom is -0.379 e. The number of halogens is 1. The number of hydrogen-bond acceptors (Lipinski definition) is 3. The number of rotatable bonds is 2. The van der Waals surface area contributed by atoms with Gasteiger partial charge in [0.1, 0.15) is 5.15 Å². The minimum absolute atomic E-state index is 0.568. The molecule has 1 aromatic heterocycles. The Morgan fingerprint density at radius 3 is 2.53 bits per heavy atom. The molecule has 2 heterocycles. The second-order valence-corrected chi connectivity index (χ2v) is 4.15. The molecular weight excluding hydrogens is 236 g/mol. The zero-order chi connectivity index (χ0) is 12.7. The van der Waals surface area contributed by atoms with E-state index in [2.05, 4.69) is 16.0 Å². The van der Waals surface area contributed by atoms with Crippen molar-refractivity contribution in [1.29, 1.82) is 0 Å². The van der Waals surface area contributed by atoms with Crippen LogP contribution in [0.25, 0.3) is 0 Å². The monoisotopic (exact) mass is 256 g/mol. The van der Waals surface area contributed by atoms with Crippen molar-refractivity contribution in [3.63, 3.8) is 0 Å². The van der Waals surface area contributed by atoms with Gasteiger partial charge < -0.3 is 4.74 Å². The van der Waals surface area contributed by atoms with E-state index in [0.29, 0.717) is 5.15 Å². The zero-order valence-corrected chi connectivity index (χ0v) is 11.6. The molecule has 0 saturated carbocycles. The van der Waals surface area contributed by atoms with Crippen LogP contribution in [-0.2, 0) is 11.3 Å². The third-order valence-electron chi connectivity index (χ3n) is 2.66. The lowest BCUT2D eigenvalue weighted by Gasteiger charge is -2.26. The Morgan fingerprint density at radius 2 is 1.94 bits per heavy atom. The van der Waals surface area contributed by atoms with Gasteiger partial charge in [-0.25, -0.2) is 4.98 Å². The molecule has 0 spiro atoms. The third-order valence-corrected chi connectivity index (χ3v) is 2.87. The van der Waals surface area contributed by atoms with Crippen LogP contribution in [0.1, 0.15) is 25.1 Å². The Bertz CT molecular complexity index is 338. The molecule has 1 aromatic rings. The summed E-state index contributed by atoms with van der Waals surface area (Å²) in [5, 5.41) is 0.568. The van der Waals surface area contributed by atoms with Gasteiger partial charge in [-0.05, 0) is 18.6 Å². The highest BCUT2D eigenvalue weighted by atomic mass is 35.5. The Balaban J connectivity index is 0.000000686. The van der Waals surface area contributed by atoms with Gasteiger partial charge in [0.2, 0.25) is 0 Å². The van der Waals surface area contributed by atoms with E-state index in [0.717, 1.165) is 38.5 Å². The molecule has 3 nitrogen and oxygen atoms in total. The molecule has 0 radical (unpaired) electrons. The smallest absolute Gasteiger partial charge is 0.129 e. The molecule has 0 atom stereocenters. The summed E-state index contributed by atoms with van der Waals surface area (Å²) in [5.74, 6) is 0. The molecular formula is C13H21ClN2O. The van der Waals surface area contributed by atoms with Gasteiger partial charge >= 0.3 is 0 Å². The number of aryl methyl sites for hydroxylation is 1. The van der Waals surface area contributed by atoms with Crippen molar-refractivity contribution >= 4 is 11.6 Å². The van der Waals surface area contributed by atoms with E-state index in [1.54, 1.807) is 0 Å². The highest BCUT2D eigenvalue weighted by molar-refractivity contribution is 6.29. The van der Waals surface area contributed by atoms with Gasteiger partial charge in [-0.2, -0.15) is 0 Å². The second-order valence-electron chi connectivity index (χ2n) is 3.77. The van der Waals surface area contributed by atoms with Crippen molar-refractivity contribution in [2.45, 2.75) is 27.3 Å². The van der Waals surface area contributed by atoms with Crippen molar-refractivity contribution in [3.05, 3.63) is 28.5 Å². The molecule has 0 aliphatic carbocycles. The molecule has 1 aliphatic heterocycles. The van der Waals surface area contributed by atoms with Crippen LogP contribution in [0.2, 0.25) is 5.15 Å². The summed E-state index contributed by atoms with van der Waals surface area (Å²) < 4.78 is 5.31. The Kier molecular flexibility index (Phi) is 6.48. The van der Waals surface area contributed by atoms with E-state index in [1.807, 2.05) is 26.8 Å². The number of morpholine rings is 1. The molecule has 4 heteroatoms. The van der Waals surface area contributed by atoms with Gasteiger partial charge in [0.25, 0.3) is 0 Å². The molecule has 1 fully saturated rings. The van der Waals surface area contributed by atoms with Gasteiger partial charge in [-0.15, -0.1) is 0 Å². The van der Waals surface area contributed by atoms with Crippen molar-refractivity contribution in [3.8, 4) is 0 Å². The quantitative estimate of drug-likeness (QED) is 0.761. The van der Waals surface area contributed by atoms with E-state index in [-0.39, 0.29) is 0 Å². The normalized spacial score (nSPS) is 16.2. The third kappa shape index (κ3) is 4.62. The number of ether oxygens (including phenoxy) is 1. The number of nitrogens with zero attached hydrogens (tertiary/aromatic N) is 2. The van der Waals surface area contributed by atoms with Crippen LogP contribution in [-0.4, -0.2) is 36.2 Å². The molecule has 0 N–H and O–H groups in total. The lowest BCUT2D eigenvalue weighted by atomic mass is 10.2. The summed E-state index contributed by atoms with van der Waals surface area (Å²) in [7, 11) is 0. The van der Waals surface area contributed by atoms with Crippen molar-refractivity contribution in [2.75, 3.05) is 26.3 Å². The van der Waals surface area contributed by atoms with E-state index >= 15 is 0 Å². The predicted molar refractivity (Wildman–Crippen MR) is 71.4 cm³/mol. The van der Waals surface area contributed by atoms with Crippen LogP contribution >= 0.6 is 11.6 Å². The van der Waals surface area contributed by atoms with Crippen LogP contribution in [0, 0.1) is 6.92 Å². The first-order valence-electron chi connectivity index (χ1n) is 6.18. The first-order chi connectivity index (χ1) is 8.25. The topological polar surface area (TPSA) is 25.4 Å². The summed E-state index contributed by atoms with van der Waals surface area (Å²) in [4.78, 5) is 6.62. The largest absolute Gasteiger partial charge is 0.379 e. The SMILES string of the molecule is CC.Cc1nc(Cl)ccc1CN1CCOCC1. The van der Waals surface area contributed by atoms with E-state index in [1.165, 1.54) is 5.56 Å². The lowest BCUT2D eigenvalue weighted by molar-refractivity contribution is 0.0340. The standard InChI is InChI=1S/C11H15ClN2O.C2H6/c1-9-10(2-3-11(12)13-9)8-14-4-6-15-7-5-14;1-2/h2-3H,4-8H2,1H3;1-2H3. The van der Waals surface area contributed by atoms with Crippen LogP contribution < -0.4 is 0 Å². The fourth-order valence-corrected chi connectivity index (χ4v) is 1.92. The first kappa shape index (κ1) is 14.4. The minimum atomic E-state index is 0.568. The van der Waals surface area contributed by atoms with E-state index in [4.69, 9.17) is 16.3 Å². The van der Waals surface area contributed by atoms with Crippen molar-refractivity contribution in [1.82, 2.24) is 9.88 Å². The first-order valence-corrected chi connectivity index (χ1v) is 6.55. The van der Waals surface area contributed by atoms with Crippen LogP contribution in [0.5, 0.6) is 0 Å². The maximum absolute atomic E-state index is 5.81. The summed E-state index contributed by atoms with van der Waals surface area (Å²) >= 11 is 5.81. The van der Waals surface area contributed by atoms with Crippen LogP contribution in [0.3, 0.4) is 0 Å². The summed E-state index contributed by atoms with van der Waals surface area (Å²) in [6.45, 7) is 10.6. The number of pyridine rings is 1. The van der Waals surface area contributed by atoms with Gasteiger partial charge in [0, 0.05) is 25.3 Å². The maximum Gasteiger partial charge on any atom is 0.129 e. The number of aromatic nitrogens is 1. The predicted octanol–water partition coefficient (Wildman–Crippen LogP) is 2.90. The van der Waals surface area contributed by atoms with Gasteiger partial charge in [0.15, 0.2) is 0 Å². The highest BCUT2D eigenvalue weighted by Crippen LogP contribution is 2.13. The summed E-state index contributed by atoms with van der Waals surface area (Å²) in [6, 6.07) is 3.91. The lowest BCUT2D eigenvalue weighted by Crippen LogP contribution is -2.35. The molecule has 1 aliphatic rings. The van der Waals surface area contributed by atoms with Gasteiger partial charge in [0.05, 0.1) is 13.2 Å². The maximum atomic E-state index is 5.81. The van der Waals surface area contributed by atoms with Crippen LogP contribution in [0.15, 0.2) is 12.1 Å². The van der Waals surface area contributed by atoms with Crippen molar-refractivity contribution in [2.24, 2.45) is 0 Å². The zero-order valence-electron chi connectivity index (χ0n) is 10.9. The average Bonchev–Trinajstić information content (AvgIpc) is 2.37. The highest BCUT2D eigenvalue weighted by Gasteiger charge is 2.12. The Labute approximate surface area is 109 Å².